The zero-order valence-electron chi connectivity index (χ0n) is 14.0. The maximum atomic E-state index is 12.4. The first kappa shape index (κ1) is 15.9. The van der Waals surface area contributed by atoms with Crippen LogP contribution < -0.4 is 10.1 Å². The minimum absolute atomic E-state index is 0.0832. The van der Waals surface area contributed by atoms with E-state index in [1.165, 1.54) is 0 Å². The summed E-state index contributed by atoms with van der Waals surface area (Å²) in [6.07, 6.45) is 2.24. The van der Waals surface area contributed by atoms with Gasteiger partial charge in [0, 0.05) is 13.2 Å². The molecule has 2 aromatic heterocycles. The fourth-order valence-corrected chi connectivity index (χ4v) is 2.59. The first-order valence-electron chi connectivity index (χ1n) is 7.68. The van der Waals surface area contributed by atoms with E-state index in [1.807, 2.05) is 61.1 Å². The number of H-pyrrole nitrogens is 1. The average molecular weight is 324 g/mol. The number of carbonyl (C=O) groups is 1. The van der Waals surface area contributed by atoms with E-state index in [-0.39, 0.29) is 5.91 Å². The van der Waals surface area contributed by atoms with Crippen LogP contribution in [0, 0.1) is 6.92 Å². The van der Waals surface area contributed by atoms with E-state index in [4.69, 9.17) is 4.74 Å². The molecule has 24 heavy (non-hydrogen) atoms. The normalized spacial score (nSPS) is 10.6. The lowest BCUT2D eigenvalue weighted by Gasteiger charge is -2.08. The van der Waals surface area contributed by atoms with Gasteiger partial charge in [0.1, 0.15) is 11.4 Å². The molecule has 0 spiro atoms. The van der Waals surface area contributed by atoms with Gasteiger partial charge in [0.2, 0.25) is 5.91 Å². The second-order valence-corrected chi connectivity index (χ2v) is 5.65. The molecule has 124 valence electrons. The van der Waals surface area contributed by atoms with E-state index < -0.39 is 0 Å². The van der Waals surface area contributed by atoms with Gasteiger partial charge in [-0.25, -0.2) is 0 Å². The number of ether oxygens (including phenoxy) is 1. The Morgan fingerprint density at radius 1 is 1.29 bits per heavy atom. The molecule has 0 saturated carbocycles. The molecule has 6 heteroatoms. The van der Waals surface area contributed by atoms with Gasteiger partial charge in [-0.1, -0.05) is 12.1 Å². The third kappa shape index (κ3) is 3.17. The first-order chi connectivity index (χ1) is 11.6. The summed E-state index contributed by atoms with van der Waals surface area (Å²) in [7, 11) is 3.57. The number of benzene rings is 1. The van der Waals surface area contributed by atoms with E-state index in [0.29, 0.717) is 6.42 Å². The number of carbonyl (C=O) groups excluding carboxylic acids is 1. The van der Waals surface area contributed by atoms with Crippen LogP contribution in [0.1, 0.15) is 11.3 Å². The molecule has 3 aromatic rings. The van der Waals surface area contributed by atoms with Crippen LogP contribution in [-0.4, -0.2) is 27.8 Å². The lowest BCUT2D eigenvalue weighted by Crippen LogP contribution is -2.15. The quantitative estimate of drug-likeness (QED) is 0.758. The van der Waals surface area contributed by atoms with Gasteiger partial charge in [-0.3, -0.25) is 9.89 Å². The van der Waals surface area contributed by atoms with Crippen molar-refractivity contribution in [3.63, 3.8) is 0 Å². The second-order valence-electron chi connectivity index (χ2n) is 5.65. The fraction of sp³-hybridized carbons (Fsp3) is 0.222. The van der Waals surface area contributed by atoms with Gasteiger partial charge in [0.25, 0.3) is 0 Å². The van der Waals surface area contributed by atoms with Crippen LogP contribution in [0.4, 0.5) is 5.69 Å². The fourth-order valence-electron chi connectivity index (χ4n) is 2.59. The number of aromatic amines is 1. The number of hydrogen-bond donors (Lipinski definition) is 2. The molecule has 1 aromatic carbocycles. The average Bonchev–Trinajstić information content (AvgIpc) is 3.14. The van der Waals surface area contributed by atoms with E-state index in [0.717, 1.165) is 34.1 Å². The largest absolute Gasteiger partial charge is 0.497 e. The van der Waals surface area contributed by atoms with Crippen LogP contribution in [0.25, 0.3) is 11.4 Å². The molecular formula is C18H20N4O2. The number of rotatable bonds is 5. The summed E-state index contributed by atoms with van der Waals surface area (Å²) in [5.41, 5.74) is 4.15. The Morgan fingerprint density at radius 2 is 2.04 bits per heavy atom. The monoisotopic (exact) mass is 324 g/mol. The third-order valence-corrected chi connectivity index (χ3v) is 3.92. The van der Waals surface area contributed by atoms with Crippen molar-refractivity contribution in [3.05, 3.63) is 53.9 Å². The standard InChI is InChI=1S/C18H20N4O2/c1-12-17(18(21-20-12)15-5-4-10-22(15)2)19-16(23)11-13-6-8-14(24-3)9-7-13/h4-10H,11H2,1-3H3,(H,19,23)(H,20,21). The molecule has 0 bridgehead atoms. The van der Waals surface area contributed by atoms with Gasteiger partial charge in [0.05, 0.1) is 30.6 Å². The molecular weight excluding hydrogens is 304 g/mol. The zero-order valence-corrected chi connectivity index (χ0v) is 14.0. The summed E-state index contributed by atoms with van der Waals surface area (Å²) in [5, 5.41) is 10.2. The molecule has 0 saturated heterocycles. The Hall–Kier alpha value is -3.02. The van der Waals surface area contributed by atoms with Gasteiger partial charge in [0.15, 0.2) is 0 Å². The second kappa shape index (κ2) is 6.62. The Balaban J connectivity index is 1.77. The number of aryl methyl sites for hydroxylation is 2. The van der Waals surface area contributed by atoms with Crippen molar-refractivity contribution in [1.29, 1.82) is 0 Å². The number of nitrogens with one attached hydrogen (secondary N) is 2. The minimum Gasteiger partial charge on any atom is -0.497 e. The summed E-state index contributed by atoms with van der Waals surface area (Å²) in [6.45, 7) is 1.89. The summed E-state index contributed by atoms with van der Waals surface area (Å²) in [6, 6.07) is 11.4. The van der Waals surface area contributed by atoms with E-state index >= 15 is 0 Å². The maximum Gasteiger partial charge on any atom is 0.228 e. The molecule has 0 aliphatic rings. The minimum atomic E-state index is -0.0832. The lowest BCUT2D eigenvalue weighted by atomic mass is 10.1. The molecule has 0 atom stereocenters. The summed E-state index contributed by atoms with van der Waals surface area (Å²) < 4.78 is 7.10. The molecule has 1 amide bonds. The lowest BCUT2D eigenvalue weighted by molar-refractivity contribution is -0.115. The number of methoxy groups -OCH3 is 1. The smallest absolute Gasteiger partial charge is 0.228 e. The number of aromatic nitrogens is 3. The van der Waals surface area contributed by atoms with Crippen molar-refractivity contribution in [1.82, 2.24) is 14.8 Å². The number of nitrogens with zero attached hydrogens (tertiary/aromatic N) is 2. The van der Waals surface area contributed by atoms with Crippen molar-refractivity contribution in [2.45, 2.75) is 13.3 Å². The van der Waals surface area contributed by atoms with Gasteiger partial charge >= 0.3 is 0 Å². The van der Waals surface area contributed by atoms with Gasteiger partial charge < -0.3 is 14.6 Å². The topological polar surface area (TPSA) is 71.9 Å². The number of anilines is 1. The zero-order chi connectivity index (χ0) is 17.1. The molecule has 0 unspecified atom stereocenters. The van der Waals surface area contributed by atoms with E-state index in [9.17, 15) is 4.79 Å². The molecule has 2 heterocycles. The molecule has 0 aliphatic heterocycles. The van der Waals surface area contributed by atoms with Crippen molar-refractivity contribution < 1.29 is 9.53 Å². The number of amides is 1. The van der Waals surface area contributed by atoms with E-state index in [1.54, 1.807) is 7.11 Å². The Bertz CT molecular complexity index is 846. The van der Waals surface area contributed by atoms with Crippen molar-refractivity contribution in [2.24, 2.45) is 7.05 Å². The van der Waals surface area contributed by atoms with Crippen molar-refractivity contribution in [3.8, 4) is 17.1 Å². The first-order valence-corrected chi connectivity index (χ1v) is 7.68. The van der Waals surface area contributed by atoms with Crippen LogP contribution in [0.2, 0.25) is 0 Å². The highest BCUT2D eigenvalue weighted by molar-refractivity contribution is 5.96. The predicted octanol–water partition coefficient (Wildman–Crippen LogP) is 2.91. The van der Waals surface area contributed by atoms with Crippen LogP contribution in [-0.2, 0) is 18.3 Å². The highest BCUT2D eigenvalue weighted by Crippen LogP contribution is 2.28. The Kier molecular flexibility index (Phi) is 4.37. The molecule has 2 N–H and O–H groups in total. The summed E-state index contributed by atoms with van der Waals surface area (Å²) in [5.74, 6) is 0.691. The third-order valence-electron chi connectivity index (χ3n) is 3.92. The molecule has 0 radical (unpaired) electrons. The SMILES string of the molecule is COc1ccc(CC(=O)Nc2c(-c3cccn3C)n[nH]c2C)cc1. The van der Waals surface area contributed by atoms with Crippen molar-refractivity contribution >= 4 is 11.6 Å². The molecule has 0 aliphatic carbocycles. The van der Waals surface area contributed by atoms with Crippen LogP contribution in [0.3, 0.4) is 0 Å². The predicted molar refractivity (Wildman–Crippen MR) is 93.1 cm³/mol. The van der Waals surface area contributed by atoms with Gasteiger partial charge in [-0.15, -0.1) is 0 Å². The maximum absolute atomic E-state index is 12.4. The van der Waals surface area contributed by atoms with Crippen molar-refractivity contribution in [2.75, 3.05) is 12.4 Å². The van der Waals surface area contributed by atoms with Crippen LogP contribution >= 0.6 is 0 Å². The Labute approximate surface area is 140 Å². The summed E-state index contributed by atoms with van der Waals surface area (Å²) >= 11 is 0. The van der Waals surface area contributed by atoms with Crippen LogP contribution in [0.15, 0.2) is 42.6 Å². The summed E-state index contributed by atoms with van der Waals surface area (Å²) in [4.78, 5) is 12.4. The molecule has 0 fully saturated rings. The van der Waals surface area contributed by atoms with Crippen LogP contribution in [0.5, 0.6) is 5.75 Å². The van der Waals surface area contributed by atoms with Gasteiger partial charge in [-0.05, 0) is 36.8 Å². The highest BCUT2D eigenvalue weighted by atomic mass is 16.5. The molecule has 6 nitrogen and oxygen atoms in total. The van der Waals surface area contributed by atoms with E-state index in [2.05, 4.69) is 15.5 Å². The molecule has 3 rings (SSSR count). The van der Waals surface area contributed by atoms with Gasteiger partial charge in [-0.2, -0.15) is 5.10 Å². The number of hydrogen-bond acceptors (Lipinski definition) is 3. The Morgan fingerprint density at radius 3 is 2.67 bits per heavy atom. The highest BCUT2D eigenvalue weighted by Gasteiger charge is 2.16.